The number of halogens is 3. The highest BCUT2D eigenvalue weighted by atomic mass is 32.2. The molecule has 1 amide bonds. The van der Waals surface area contributed by atoms with Gasteiger partial charge in [-0.05, 0) is 60.0 Å². The van der Waals surface area contributed by atoms with Crippen LogP contribution >= 0.6 is 0 Å². The molecule has 0 saturated heterocycles. The standard InChI is InChI=1S/C24H23F3N2O3S/c1-17(2)18-8-14-21(15-9-18)29(33(31,32)22-6-4-3-5-7-22)16-23(30)28-20-12-10-19(11-13-20)24(25,26)27/h3-15,17H,16H2,1-2H3,(H,28,30). The minimum absolute atomic E-state index is 0.0141. The Labute approximate surface area is 190 Å². The lowest BCUT2D eigenvalue weighted by Gasteiger charge is -2.24. The van der Waals surface area contributed by atoms with E-state index in [-0.39, 0.29) is 16.5 Å². The van der Waals surface area contributed by atoms with E-state index in [4.69, 9.17) is 0 Å². The summed E-state index contributed by atoms with van der Waals surface area (Å²) in [5.74, 6) is -0.455. The van der Waals surface area contributed by atoms with Crippen LogP contribution in [0.1, 0.15) is 30.9 Å². The molecule has 0 atom stereocenters. The van der Waals surface area contributed by atoms with Crippen molar-refractivity contribution in [2.45, 2.75) is 30.8 Å². The fourth-order valence-corrected chi connectivity index (χ4v) is 4.58. The zero-order valence-electron chi connectivity index (χ0n) is 18.0. The Morgan fingerprint density at radius 1 is 0.909 bits per heavy atom. The van der Waals surface area contributed by atoms with Gasteiger partial charge in [-0.2, -0.15) is 13.2 Å². The maximum atomic E-state index is 13.3. The van der Waals surface area contributed by atoms with Gasteiger partial charge in [0.25, 0.3) is 10.0 Å². The Kier molecular flexibility index (Phi) is 7.12. The third kappa shape index (κ3) is 5.92. The summed E-state index contributed by atoms with van der Waals surface area (Å²) in [7, 11) is -4.08. The third-order valence-corrected chi connectivity index (χ3v) is 6.75. The van der Waals surface area contributed by atoms with Crippen LogP contribution in [0.25, 0.3) is 0 Å². The van der Waals surface area contributed by atoms with Crippen molar-refractivity contribution in [2.75, 3.05) is 16.2 Å². The number of benzene rings is 3. The first-order valence-corrected chi connectivity index (χ1v) is 11.6. The molecule has 174 valence electrons. The average molecular weight is 477 g/mol. The van der Waals surface area contributed by atoms with Gasteiger partial charge < -0.3 is 5.32 Å². The smallest absolute Gasteiger partial charge is 0.325 e. The van der Waals surface area contributed by atoms with Crippen LogP contribution in [-0.4, -0.2) is 20.9 Å². The lowest BCUT2D eigenvalue weighted by atomic mass is 10.0. The maximum absolute atomic E-state index is 13.3. The van der Waals surface area contributed by atoms with Crippen LogP contribution in [0.2, 0.25) is 0 Å². The summed E-state index contributed by atoms with van der Waals surface area (Å²) in [6.45, 7) is 3.45. The van der Waals surface area contributed by atoms with Gasteiger partial charge in [-0.1, -0.05) is 44.2 Å². The van der Waals surface area contributed by atoms with Gasteiger partial charge in [0.1, 0.15) is 6.54 Å². The fourth-order valence-electron chi connectivity index (χ4n) is 3.13. The second kappa shape index (κ2) is 9.66. The van der Waals surface area contributed by atoms with E-state index in [1.807, 2.05) is 13.8 Å². The first kappa shape index (κ1) is 24.3. The molecule has 9 heteroatoms. The number of hydrogen-bond acceptors (Lipinski definition) is 3. The van der Waals surface area contributed by atoms with Crippen molar-refractivity contribution in [3.05, 3.63) is 90.0 Å². The topological polar surface area (TPSA) is 66.5 Å². The number of rotatable bonds is 7. The highest BCUT2D eigenvalue weighted by Crippen LogP contribution is 2.30. The van der Waals surface area contributed by atoms with E-state index < -0.39 is 34.2 Å². The SMILES string of the molecule is CC(C)c1ccc(N(CC(=O)Nc2ccc(C(F)(F)F)cc2)S(=O)(=O)c2ccccc2)cc1. The van der Waals surface area contributed by atoms with Crippen molar-refractivity contribution in [1.82, 2.24) is 0 Å². The molecule has 0 aliphatic carbocycles. The molecule has 0 heterocycles. The van der Waals surface area contributed by atoms with Crippen molar-refractivity contribution in [3.63, 3.8) is 0 Å². The largest absolute Gasteiger partial charge is 0.416 e. The summed E-state index contributed by atoms with van der Waals surface area (Å²) < 4.78 is 65.9. The average Bonchev–Trinajstić information content (AvgIpc) is 2.78. The molecule has 3 aromatic rings. The number of hydrogen-bond donors (Lipinski definition) is 1. The van der Waals surface area contributed by atoms with Gasteiger partial charge in [-0.25, -0.2) is 8.42 Å². The van der Waals surface area contributed by atoms with Crippen LogP contribution in [-0.2, 0) is 21.0 Å². The van der Waals surface area contributed by atoms with Gasteiger partial charge in [0.15, 0.2) is 0 Å². The Hall–Kier alpha value is -3.33. The number of nitrogens with zero attached hydrogens (tertiary/aromatic N) is 1. The van der Waals surface area contributed by atoms with Crippen LogP contribution in [0.5, 0.6) is 0 Å². The molecule has 0 spiro atoms. The molecular weight excluding hydrogens is 453 g/mol. The first-order valence-electron chi connectivity index (χ1n) is 10.1. The van der Waals surface area contributed by atoms with Crippen LogP contribution in [0.4, 0.5) is 24.5 Å². The lowest BCUT2D eigenvalue weighted by Crippen LogP contribution is -2.38. The van der Waals surface area contributed by atoms with E-state index in [0.717, 1.165) is 34.1 Å². The summed E-state index contributed by atoms with van der Waals surface area (Å²) in [6, 6.07) is 18.5. The zero-order chi connectivity index (χ0) is 24.2. The van der Waals surface area contributed by atoms with Gasteiger partial charge in [0.05, 0.1) is 16.1 Å². The third-order valence-electron chi connectivity index (χ3n) is 4.96. The molecule has 0 aliphatic rings. The van der Waals surface area contributed by atoms with Crippen molar-refractivity contribution in [3.8, 4) is 0 Å². The summed E-state index contributed by atoms with van der Waals surface area (Å²) in [6.07, 6.45) is -4.49. The minimum Gasteiger partial charge on any atom is -0.325 e. The van der Waals surface area contributed by atoms with Gasteiger partial charge in [0.2, 0.25) is 5.91 Å². The lowest BCUT2D eigenvalue weighted by molar-refractivity contribution is -0.137. The Balaban J connectivity index is 1.88. The molecule has 0 bridgehead atoms. The maximum Gasteiger partial charge on any atom is 0.416 e. The summed E-state index contributed by atoms with van der Waals surface area (Å²) in [4.78, 5) is 12.7. The Bertz CT molecular complexity index is 1190. The van der Waals surface area contributed by atoms with Crippen molar-refractivity contribution in [1.29, 1.82) is 0 Å². The number of alkyl halides is 3. The Morgan fingerprint density at radius 3 is 2.00 bits per heavy atom. The number of amides is 1. The molecule has 5 nitrogen and oxygen atoms in total. The second-order valence-corrected chi connectivity index (χ2v) is 9.56. The van der Waals surface area contributed by atoms with Crippen LogP contribution in [0.15, 0.2) is 83.8 Å². The highest BCUT2D eigenvalue weighted by molar-refractivity contribution is 7.92. The summed E-state index contributed by atoms with van der Waals surface area (Å²) >= 11 is 0. The van der Waals surface area contributed by atoms with E-state index in [0.29, 0.717) is 5.69 Å². The molecule has 0 aliphatic heterocycles. The van der Waals surface area contributed by atoms with E-state index in [1.165, 1.54) is 12.1 Å². The van der Waals surface area contributed by atoms with E-state index in [9.17, 15) is 26.4 Å². The fraction of sp³-hybridized carbons (Fsp3) is 0.208. The zero-order valence-corrected chi connectivity index (χ0v) is 18.8. The molecule has 33 heavy (non-hydrogen) atoms. The molecule has 3 aromatic carbocycles. The number of carbonyl (C=O) groups is 1. The summed E-state index contributed by atoms with van der Waals surface area (Å²) in [5, 5.41) is 2.46. The van der Waals surface area contributed by atoms with Gasteiger partial charge in [-0.15, -0.1) is 0 Å². The molecule has 0 unspecified atom stereocenters. The highest BCUT2D eigenvalue weighted by Gasteiger charge is 2.30. The van der Waals surface area contributed by atoms with Crippen molar-refractivity contribution >= 4 is 27.3 Å². The molecule has 3 rings (SSSR count). The van der Waals surface area contributed by atoms with Crippen LogP contribution < -0.4 is 9.62 Å². The number of anilines is 2. The Morgan fingerprint density at radius 2 is 1.48 bits per heavy atom. The van der Waals surface area contributed by atoms with Crippen LogP contribution in [0, 0.1) is 0 Å². The van der Waals surface area contributed by atoms with Gasteiger partial charge >= 0.3 is 6.18 Å². The van der Waals surface area contributed by atoms with E-state index in [1.54, 1.807) is 42.5 Å². The van der Waals surface area contributed by atoms with Crippen molar-refractivity contribution < 1.29 is 26.4 Å². The molecular formula is C24H23F3N2O3S. The van der Waals surface area contributed by atoms with Crippen LogP contribution in [0.3, 0.4) is 0 Å². The minimum atomic E-state index is -4.49. The molecule has 0 aromatic heterocycles. The monoisotopic (exact) mass is 476 g/mol. The molecule has 0 radical (unpaired) electrons. The summed E-state index contributed by atoms with van der Waals surface area (Å²) in [5.41, 5.74) is 0.579. The quantitative estimate of drug-likeness (QED) is 0.478. The predicted octanol–water partition coefficient (Wildman–Crippen LogP) is 5.66. The van der Waals surface area contributed by atoms with E-state index >= 15 is 0 Å². The second-order valence-electron chi connectivity index (χ2n) is 7.69. The number of carbonyl (C=O) groups excluding carboxylic acids is 1. The first-order chi connectivity index (χ1) is 15.5. The molecule has 0 fully saturated rings. The van der Waals surface area contributed by atoms with Gasteiger partial charge in [-0.3, -0.25) is 9.10 Å². The predicted molar refractivity (Wildman–Crippen MR) is 122 cm³/mol. The van der Waals surface area contributed by atoms with Gasteiger partial charge in [0, 0.05) is 5.69 Å². The number of sulfonamides is 1. The molecule has 0 saturated carbocycles. The molecule has 1 N–H and O–H groups in total. The number of nitrogens with one attached hydrogen (secondary N) is 1. The normalized spacial score (nSPS) is 11.9. The van der Waals surface area contributed by atoms with Crippen molar-refractivity contribution in [2.24, 2.45) is 0 Å². The van der Waals surface area contributed by atoms with E-state index in [2.05, 4.69) is 5.32 Å².